The lowest BCUT2D eigenvalue weighted by Gasteiger charge is -2.24. The molecule has 4 N–H and O–H groups in total. The third-order valence-electron chi connectivity index (χ3n) is 7.39. The second kappa shape index (κ2) is 8.09. The quantitative estimate of drug-likeness (QED) is 0.338. The highest BCUT2D eigenvalue weighted by atomic mass is 16.3. The van der Waals surface area contributed by atoms with Crippen LogP contribution >= 0.6 is 0 Å². The number of nitrogens with zero attached hydrogens (tertiary/aromatic N) is 3. The zero-order valence-electron chi connectivity index (χ0n) is 19.7. The maximum Gasteiger partial charge on any atom is 0.261 e. The number of rotatable bonds is 6. The first kappa shape index (κ1) is 21.6. The predicted octanol–water partition coefficient (Wildman–Crippen LogP) is 4.24. The molecule has 3 heterocycles. The molecule has 8 nitrogen and oxygen atoms in total. The second-order valence-corrected chi connectivity index (χ2v) is 9.83. The number of fused-ring (bicyclic) bond motifs is 1. The van der Waals surface area contributed by atoms with E-state index in [0.29, 0.717) is 17.1 Å². The maximum absolute atomic E-state index is 13.0. The Labute approximate surface area is 202 Å². The number of nitrogens with one attached hydrogen (secondary N) is 3. The van der Waals surface area contributed by atoms with Gasteiger partial charge in [-0.25, -0.2) is 9.97 Å². The van der Waals surface area contributed by atoms with Crippen molar-refractivity contribution in [2.24, 2.45) is 5.41 Å². The molecule has 0 amide bonds. The molecule has 35 heavy (non-hydrogen) atoms. The van der Waals surface area contributed by atoms with E-state index in [1.165, 1.54) is 0 Å². The first-order valence-corrected chi connectivity index (χ1v) is 11.9. The molecule has 6 rings (SSSR count). The van der Waals surface area contributed by atoms with E-state index in [-0.39, 0.29) is 17.0 Å². The van der Waals surface area contributed by atoms with Gasteiger partial charge in [0.15, 0.2) is 0 Å². The molecule has 4 aromatic rings. The minimum atomic E-state index is -0.508. The molecule has 3 aromatic heterocycles. The van der Waals surface area contributed by atoms with E-state index in [2.05, 4.69) is 39.3 Å². The van der Waals surface area contributed by atoms with Crippen molar-refractivity contribution in [1.29, 1.82) is 0 Å². The number of aliphatic hydroxyl groups is 1. The second-order valence-electron chi connectivity index (χ2n) is 9.83. The van der Waals surface area contributed by atoms with Crippen molar-refractivity contribution in [2.75, 3.05) is 5.32 Å². The van der Waals surface area contributed by atoms with E-state index >= 15 is 0 Å². The molecule has 3 atom stereocenters. The molecule has 8 heteroatoms. The number of imidazole rings is 2. The highest BCUT2D eigenvalue weighted by Crippen LogP contribution is 2.53. The summed E-state index contributed by atoms with van der Waals surface area (Å²) in [7, 11) is 0. The van der Waals surface area contributed by atoms with Gasteiger partial charge in [0.2, 0.25) is 0 Å². The van der Waals surface area contributed by atoms with Crippen molar-refractivity contribution in [3.8, 4) is 17.1 Å². The van der Waals surface area contributed by atoms with Crippen LogP contribution in [0.3, 0.4) is 0 Å². The van der Waals surface area contributed by atoms with Gasteiger partial charge in [-0.15, -0.1) is 0 Å². The fraction of sp³-hybridized carbons (Fsp3) is 0.296. The van der Waals surface area contributed by atoms with E-state index in [1.807, 2.05) is 42.0 Å². The fourth-order valence-electron chi connectivity index (χ4n) is 5.14. The number of aromatic amines is 2. The number of pyridine rings is 1. The lowest BCUT2D eigenvalue weighted by molar-refractivity contribution is 0.131. The van der Waals surface area contributed by atoms with E-state index in [1.54, 1.807) is 18.7 Å². The molecular formula is C27H28N6O2. The molecule has 2 aliphatic carbocycles. The van der Waals surface area contributed by atoms with Crippen molar-refractivity contribution in [2.45, 2.75) is 45.3 Å². The third-order valence-corrected chi connectivity index (χ3v) is 7.39. The summed E-state index contributed by atoms with van der Waals surface area (Å²) in [5.41, 5.74) is 5.40. The monoisotopic (exact) mass is 468 g/mol. The number of aromatic nitrogens is 5. The van der Waals surface area contributed by atoms with Crippen LogP contribution in [0.15, 0.2) is 71.7 Å². The molecule has 0 spiro atoms. The molecule has 178 valence electrons. The summed E-state index contributed by atoms with van der Waals surface area (Å²) in [6, 6.07) is 5.98. The normalized spacial score (nSPS) is 22.3. The van der Waals surface area contributed by atoms with Gasteiger partial charge in [-0.05, 0) is 55.5 Å². The highest BCUT2D eigenvalue weighted by Gasteiger charge is 2.56. The Kier molecular flexibility index (Phi) is 5.00. The minimum Gasteiger partial charge on any atom is -0.388 e. The topological polar surface area (TPSA) is 112 Å². The van der Waals surface area contributed by atoms with Gasteiger partial charge >= 0.3 is 0 Å². The van der Waals surface area contributed by atoms with Crippen LogP contribution in [0, 0.1) is 12.3 Å². The van der Waals surface area contributed by atoms with Crippen LogP contribution in [0.4, 0.5) is 5.69 Å². The number of H-pyrrole nitrogens is 2. The smallest absolute Gasteiger partial charge is 0.261 e. The Morgan fingerprint density at radius 1 is 1.34 bits per heavy atom. The van der Waals surface area contributed by atoms with Gasteiger partial charge in [0.1, 0.15) is 11.4 Å². The third kappa shape index (κ3) is 3.70. The first-order chi connectivity index (χ1) is 16.9. The predicted molar refractivity (Wildman–Crippen MR) is 137 cm³/mol. The van der Waals surface area contributed by atoms with Crippen molar-refractivity contribution < 1.29 is 5.11 Å². The molecular weight excluding hydrogens is 440 g/mol. The summed E-state index contributed by atoms with van der Waals surface area (Å²) in [5, 5.41) is 14.6. The van der Waals surface area contributed by atoms with E-state index in [0.717, 1.165) is 47.1 Å². The van der Waals surface area contributed by atoms with E-state index < -0.39 is 6.10 Å². The van der Waals surface area contributed by atoms with Gasteiger partial charge in [-0.1, -0.05) is 25.2 Å². The Morgan fingerprint density at radius 2 is 2.23 bits per heavy atom. The summed E-state index contributed by atoms with van der Waals surface area (Å²) < 4.78 is 1.94. The molecule has 0 aliphatic heterocycles. The number of hydrogen-bond donors (Lipinski definition) is 4. The molecule has 0 bridgehead atoms. The molecule has 2 unspecified atom stereocenters. The number of anilines is 1. The van der Waals surface area contributed by atoms with Crippen LogP contribution < -0.4 is 10.9 Å². The van der Waals surface area contributed by atoms with Crippen molar-refractivity contribution >= 4 is 16.7 Å². The van der Waals surface area contributed by atoms with Gasteiger partial charge in [0, 0.05) is 35.7 Å². The average molecular weight is 469 g/mol. The maximum atomic E-state index is 13.0. The van der Waals surface area contributed by atoms with Crippen LogP contribution in [0.2, 0.25) is 0 Å². The number of allylic oxidation sites excluding steroid dienone is 3. The Hall–Kier alpha value is -3.91. The van der Waals surface area contributed by atoms with Gasteiger partial charge in [0.25, 0.3) is 5.56 Å². The van der Waals surface area contributed by atoms with Crippen LogP contribution in [-0.2, 0) is 0 Å². The molecule has 1 fully saturated rings. The van der Waals surface area contributed by atoms with Gasteiger partial charge in [-0.3, -0.25) is 4.79 Å². The number of hydrogen-bond acceptors (Lipinski definition) is 5. The fourth-order valence-corrected chi connectivity index (χ4v) is 5.14. The number of benzene rings is 1. The lowest BCUT2D eigenvalue weighted by Crippen LogP contribution is -2.28. The van der Waals surface area contributed by atoms with E-state index in [9.17, 15) is 9.90 Å². The standard InChI is InChI=1S/C27H28N6O2/c1-16-12-18(33-11-10-28-15-33)13-20-23(16)32-25(31-20)22-19(8-9-29-26(22)35)30-21-14-27(21,2)24(34)17-6-4-3-5-7-17/h3-4,6,8-13,15,21,24,34H,5,7,14H2,1-2H3,(H,31,32)(H2,29,30,35)/t21?,24-,27?/m0/s1. The zero-order valence-corrected chi connectivity index (χ0v) is 19.7. The highest BCUT2D eigenvalue weighted by molar-refractivity contribution is 5.86. The molecule has 0 saturated heterocycles. The zero-order chi connectivity index (χ0) is 24.2. The lowest BCUT2D eigenvalue weighted by atomic mass is 9.89. The minimum absolute atomic E-state index is 0.0591. The van der Waals surface area contributed by atoms with Crippen molar-refractivity contribution in [3.63, 3.8) is 0 Å². The summed E-state index contributed by atoms with van der Waals surface area (Å²) in [6.45, 7) is 4.11. The summed E-state index contributed by atoms with van der Waals surface area (Å²) in [4.78, 5) is 28.0. The van der Waals surface area contributed by atoms with Gasteiger partial charge in [0.05, 0.1) is 29.2 Å². The van der Waals surface area contributed by atoms with Crippen LogP contribution in [-0.4, -0.2) is 41.8 Å². The van der Waals surface area contributed by atoms with Crippen LogP contribution in [0.1, 0.15) is 31.7 Å². The Bertz CT molecular complexity index is 1530. The molecule has 2 aliphatic rings. The van der Waals surface area contributed by atoms with Crippen LogP contribution in [0.25, 0.3) is 28.1 Å². The average Bonchev–Trinajstić information content (AvgIpc) is 3.25. The first-order valence-electron chi connectivity index (χ1n) is 11.9. The largest absolute Gasteiger partial charge is 0.388 e. The van der Waals surface area contributed by atoms with Crippen LogP contribution in [0.5, 0.6) is 0 Å². The summed E-state index contributed by atoms with van der Waals surface area (Å²) in [5.74, 6) is 0.512. The SMILES string of the molecule is Cc1cc(-n2ccnc2)cc2[nH]c(-c3c(NC4CC4(C)[C@@H](O)C4=CC=CCC4)cc[nH]c3=O)nc12. The summed E-state index contributed by atoms with van der Waals surface area (Å²) in [6.07, 6.45) is 15.4. The van der Waals surface area contributed by atoms with E-state index in [4.69, 9.17) is 4.98 Å². The van der Waals surface area contributed by atoms with Gasteiger partial charge < -0.3 is 25.0 Å². The molecule has 0 radical (unpaired) electrons. The number of aryl methyl sites for hydroxylation is 1. The van der Waals surface area contributed by atoms with Gasteiger partial charge in [-0.2, -0.15) is 0 Å². The number of aliphatic hydroxyl groups excluding tert-OH is 1. The molecule has 1 saturated carbocycles. The Balaban J connectivity index is 1.33. The Morgan fingerprint density at radius 3 is 3.00 bits per heavy atom. The summed E-state index contributed by atoms with van der Waals surface area (Å²) >= 11 is 0. The van der Waals surface area contributed by atoms with Crippen molar-refractivity contribution in [1.82, 2.24) is 24.5 Å². The molecule has 1 aromatic carbocycles. The van der Waals surface area contributed by atoms with Crippen molar-refractivity contribution in [3.05, 3.63) is 82.8 Å².